The summed E-state index contributed by atoms with van der Waals surface area (Å²) in [7, 11) is 0. The van der Waals surface area contributed by atoms with Crippen LogP contribution in [-0.2, 0) is 9.59 Å². The van der Waals surface area contributed by atoms with Crippen molar-refractivity contribution >= 4 is 17.4 Å². The standard InChI is InChI=1S/C25H32N2O2/c26-23(28)25(17-15-20(16-18-25)19-9-3-1-4-10-19)24(29)27(22-13-7-8-14-22)21-11-5-2-6-12-21/h1,3-4,9-10,15-17,21-22H,2,5-8,11-14,18H2,(H2,26,28). The summed E-state index contributed by atoms with van der Waals surface area (Å²) < 4.78 is 0. The highest BCUT2D eigenvalue weighted by molar-refractivity contribution is 6.08. The van der Waals surface area contributed by atoms with Gasteiger partial charge in [-0.15, -0.1) is 0 Å². The molecule has 0 aromatic heterocycles. The van der Waals surface area contributed by atoms with E-state index in [0.717, 1.165) is 36.8 Å². The van der Waals surface area contributed by atoms with Crippen LogP contribution in [0.1, 0.15) is 69.8 Å². The smallest absolute Gasteiger partial charge is 0.242 e. The Balaban J connectivity index is 1.63. The number of carbonyl (C=O) groups is 2. The zero-order chi connectivity index (χ0) is 20.3. The molecule has 4 nitrogen and oxygen atoms in total. The number of allylic oxidation sites excluding steroid dienone is 3. The van der Waals surface area contributed by atoms with Crippen molar-refractivity contribution in [3.05, 3.63) is 54.1 Å². The van der Waals surface area contributed by atoms with Crippen LogP contribution in [0.3, 0.4) is 0 Å². The van der Waals surface area contributed by atoms with Gasteiger partial charge in [0.25, 0.3) is 0 Å². The summed E-state index contributed by atoms with van der Waals surface area (Å²) in [6, 6.07) is 10.6. The van der Waals surface area contributed by atoms with Crippen LogP contribution >= 0.6 is 0 Å². The van der Waals surface area contributed by atoms with Gasteiger partial charge in [0.05, 0.1) is 0 Å². The third-order valence-electron chi connectivity index (χ3n) is 7.04. The first-order valence-electron chi connectivity index (χ1n) is 11.2. The number of nitrogens with zero attached hydrogens (tertiary/aromatic N) is 1. The fourth-order valence-electron chi connectivity index (χ4n) is 5.33. The van der Waals surface area contributed by atoms with Crippen LogP contribution in [-0.4, -0.2) is 28.8 Å². The van der Waals surface area contributed by atoms with Crippen molar-refractivity contribution in [2.75, 3.05) is 0 Å². The molecule has 0 heterocycles. The summed E-state index contributed by atoms with van der Waals surface area (Å²) in [5.41, 5.74) is 6.77. The van der Waals surface area contributed by atoms with E-state index in [-0.39, 0.29) is 18.0 Å². The van der Waals surface area contributed by atoms with Crippen molar-refractivity contribution in [3.8, 4) is 0 Å². The first kappa shape index (κ1) is 19.9. The third-order valence-corrected chi connectivity index (χ3v) is 7.04. The Labute approximate surface area is 173 Å². The fraction of sp³-hybridized carbons (Fsp3) is 0.520. The summed E-state index contributed by atoms with van der Waals surface area (Å²) in [6.45, 7) is 0. The Hall–Kier alpha value is -2.36. The molecule has 2 fully saturated rings. The largest absolute Gasteiger partial charge is 0.368 e. The molecule has 4 rings (SSSR count). The van der Waals surface area contributed by atoms with Gasteiger partial charge in [0.15, 0.2) is 0 Å². The molecule has 0 spiro atoms. The predicted octanol–water partition coefficient (Wildman–Crippen LogP) is 4.61. The maximum atomic E-state index is 13.9. The third kappa shape index (κ3) is 3.90. The Morgan fingerprint density at radius 1 is 0.897 bits per heavy atom. The van der Waals surface area contributed by atoms with Crippen molar-refractivity contribution in [1.82, 2.24) is 4.90 Å². The molecule has 2 amide bonds. The van der Waals surface area contributed by atoms with Gasteiger partial charge in [-0.2, -0.15) is 0 Å². The van der Waals surface area contributed by atoms with E-state index in [4.69, 9.17) is 5.73 Å². The van der Waals surface area contributed by atoms with Crippen LogP contribution in [0, 0.1) is 5.41 Å². The lowest BCUT2D eigenvalue weighted by Gasteiger charge is -2.43. The molecule has 29 heavy (non-hydrogen) atoms. The summed E-state index contributed by atoms with van der Waals surface area (Å²) in [5, 5.41) is 0. The van der Waals surface area contributed by atoms with Crippen LogP contribution in [0.25, 0.3) is 5.57 Å². The van der Waals surface area contributed by atoms with Gasteiger partial charge < -0.3 is 10.6 Å². The summed E-state index contributed by atoms with van der Waals surface area (Å²) in [6.07, 6.45) is 16.1. The van der Waals surface area contributed by atoms with E-state index >= 15 is 0 Å². The van der Waals surface area contributed by atoms with Crippen molar-refractivity contribution in [1.29, 1.82) is 0 Å². The average molecular weight is 393 g/mol. The second-order valence-electron chi connectivity index (χ2n) is 8.84. The number of primary amides is 1. The molecular weight excluding hydrogens is 360 g/mol. The Bertz CT molecular complexity index is 801. The monoisotopic (exact) mass is 392 g/mol. The number of amides is 2. The molecule has 0 bridgehead atoms. The zero-order valence-electron chi connectivity index (χ0n) is 17.2. The van der Waals surface area contributed by atoms with Crippen LogP contribution in [0.4, 0.5) is 0 Å². The SMILES string of the molecule is NC(=O)C1(C(=O)N(C2CCCCC2)C2CCCC2)C=CC(c2ccccc2)=CC1. The van der Waals surface area contributed by atoms with E-state index in [1.54, 1.807) is 6.08 Å². The number of carbonyl (C=O) groups excluding carboxylic acids is 2. The predicted molar refractivity (Wildman–Crippen MR) is 116 cm³/mol. The molecule has 2 N–H and O–H groups in total. The molecule has 2 saturated carbocycles. The molecule has 0 saturated heterocycles. The number of rotatable bonds is 5. The van der Waals surface area contributed by atoms with Crippen molar-refractivity contribution in [2.24, 2.45) is 11.1 Å². The van der Waals surface area contributed by atoms with Crippen LogP contribution in [0.15, 0.2) is 48.6 Å². The van der Waals surface area contributed by atoms with Crippen LogP contribution in [0.5, 0.6) is 0 Å². The molecule has 3 aliphatic rings. The molecule has 1 atom stereocenters. The van der Waals surface area contributed by atoms with Crippen molar-refractivity contribution in [3.63, 3.8) is 0 Å². The molecule has 1 aromatic rings. The van der Waals surface area contributed by atoms with Crippen LogP contribution in [0.2, 0.25) is 0 Å². The molecule has 154 valence electrons. The minimum Gasteiger partial charge on any atom is -0.368 e. The summed E-state index contributed by atoms with van der Waals surface area (Å²) in [5.74, 6) is -0.593. The lowest BCUT2D eigenvalue weighted by molar-refractivity contribution is -0.150. The molecule has 1 aromatic carbocycles. The van der Waals surface area contributed by atoms with Gasteiger partial charge in [-0.3, -0.25) is 9.59 Å². The molecule has 4 heteroatoms. The van der Waals surface area contributed by atoms with Gasteiger partial charge in [-0.05, 0) is 43.2 Å². The van der Waals surface area contributed by atoms with E-state index < -0.39 is 11.3 Å². The van der Waals surface area contributed by atoms with E-state index in [2.05, 4.69) is 4.90 Å². The second-order valence-corrected chi connectivity index (χ2v) is 8.84. The normalized spacial score (nSPS) is 25.6. The van der Waals surface area contributed by atoms with Crippen LogP contribution < -0.4 is 5.73 Å². The van der Waals surface area contributed by atoms with Gasteiger partial charge in [0, 0.05) is 12.1 Å². The minimum atomic E-state index is -1.25. The summed E-state index contributed by atoms with van der Waals surface area (Å²) in [4.78, 5) is 28.7. The highest BCUT2D eigenvalue weighted by Crippen LogP contribution is 2.39. The van der Waals surface area contributed by atoms with Gasteiger partial charge >= 0.3 is 0 Å². The maximum Gasteiger partial charge on any atom is 0.242 e. The number of benzene rings is 1. The summed E-state index contributed by atoms with van der Waals surface area (Å²) >= 11 is 0. The van der Waals surface area contributed by atoms with E-state index in [1.807, 2.05) is 42.5 Å². The van der Waals surface area contributed by atoms with Gasteiger partial charge in [-0.1, -0.05) is 80.7 Å². The number of nitrogens with two attached hydrogens (primary N) is 1. The Morgan fingerprint density at radius 2 is 1.48 bits per heavy atom. The van der Waals surface area contributed by atoms with E-state index in [0.29, 0.717) is 6.42 Å². The second kappa shape index (κ2) is 8.56. The molecule has 1 unspecified atom stereocenters. The first-order valence-corrected chi connectivity index (χ1v) is 11.2. The Morgan fingerprint density at radius 3 is 2.00 bits per heavy atom. The number of hydrogen-bond acceptors (Lipinski definition) is 2. The topological polar surface area (TPSA) is 63.4 Å². The quantitative estimate of drug-likeness (QED) is 0.744. The maximum absolute atomic E-state index is 13.9. The van der Waals surface area contributed by atoms with E-state index in [1.165, 1.54) is 32.1 Å². The molecule has 0 aliphatic heterocycles. The molecular formula is C25H32N2O2. The van der Waals surface area contributed by atoms with Crippen molar-refractivity contribution in [2.45, 2.75) is 76.3 Å². The molecule has 3 aliphatic carbocycles. The highest BCUT2D eigenvalue weighted by Gasteiger charge is 2.48. The number of hydrogen-bond donors (Lipinski definition) is 1. The van der Waals surface area contributed by atoms with E-state index in [9.17, 15) is 9.59 Å². The zero-order valence-corrected chi connectivity index (χ0v) is 17.2. The first-order chi connectivity index (χ1) is 14.1. The minimum absolute atomic E-state index is 0.0663. The van der Waals surface area contributed by atoms with Gasteiger partial charge in [0.2, 0.25) is 11.8 Å². The molecule has 0 radical (unpaired) electrons. The lowest BCUT2D eigenvalue weighted by Crippen LogP contribution is -2.56. The van der Waals surface area contributed by atoms with Gasteiger partial charge in [0.1, 0.15) is 5.41 Å². The highest BCUT2D eigenvalue weighted by atomic mass is 16.2. The van der Waals surface area contributed by atoms with Gasteiger partial charge in [-0.25, -0.2) is 0 Å². The average Bonchev–Trinajstić information content (AvgIpc) is 3.29. The fourth-order valence-corrected chi connectivity index (χ4v) is 5.33. The lowest BCUT2D eigenvalue weighted by atomic mass is 9.76. The Kier molecular flexibility index (Phi) is 5.89. The van der Waals surface area contributed by atoms with Crippen molar-refractivity contribution < 1.29 is 9.59 Å².